The van der Waals surface area contributed by atoms with Crippen molar-refractivity contribution in [1.82, 2.24) is 10.6 Å². The zero-order valence-corrected chi connectivity index (χ0v) is 16.9. The topological polar surface area (TPSA) is 101 Å². The van der Waals surface area contributed by atoms with Crippen molar-refractivity contribution in [3.05, 3.63) is 81.5 Å². The molecule has 1 saturated carbocycles. The molecule has 2 aromatic rings. The first-order valence-corrected chi connectivity index (χ1v) is 10.1. The first-order valence-electron chi connectivity index (χ1n) is 10.1. The van der Waals surface area contributed by atoms with Gasteiger partial charge < -0.3 is 10.6 Å². The van der Waals surface area contributed by atoms with Crippen LogP contribution in [0.1, 0.15) is 54.9 Å². The van der Waals surface area contributed by atoms with E-state index >= 15 is 0 Å². The number of hydrogen-bond donors (Lipinski definition) is 2. The Balaban J connectivity index is 1.93. The molecule has 0 bridgehead atoms. The van der Waals surface area contributed by atoms with Crippen LogP contribution in [0.3, 0.4) is 0 Å². The van der Waals surface area contributed by atoms with Crippen LogP contribution < -0.4 is 10.6 Å². The Morgan fingerprint density at radius 2 is 1.63 bits per heavy atom. The summed E-state index contributed by atoms with van der Waals surface area (Å²) >= 11 is 0. The highest BCUT2D eigenvalue weighted by Crippen LogP contribution is 2.23. The molecule has 2 amide bonds. The van der Waals surface area contributed by atoms with Gasteiger partial charge in [-0.1, -0.05) is 49.6 Å². The molecule has 0 heterocycles. The molecule has 0 atom stereocenters. The van der Waals surface area contributed by atoms with E-state index in [0.717, 1.165) is 32.1 Å². The smallest absolute Gasteiger partial charge is 0.270 e. The van der Waals surface area contributed by atoms with E-state index in [0.29, 0.717) is 16.7 Å². The molecule has 3 rings (SSSR count). The predicted molar refractivity (Wildman–Crippen MR) is 115 cm³/mol. The van der Waals surface area contributed by atoms with Crippen molar-refractivity contribution in [2.24, 2.45) is 0 Å². The number of hydrogen-bond acceptors (Lipinski definition) is 4. The third-order valence-corrected chi connectivity index (χ3v) is 5.31. The van der Waals surface area contributed by atoms with E-state index in [4.69, 9.17) is 0 Å². The lowest BCUT2D eigenvalue weighted by atomic mass is 9.95. The van der Waals surface area contributed by atoms with E-state index in [1.807, 2.05) is 0 Å². The summed E-state index contributed by atoms with van der Waals surface area (Å²) in [6, 6.07) is 14.7. The molecule has 7 heteroatoms. The largest absolute Gasteiger partial charge is 0.348 e. The summed E-state index contributed by atoms with van der Waals surface area (Å²) in [6.45, 7) is 1.68. The molecule has 1 fully saturated rings. The highest BCUT2D eigenvalue weighted by molar-refractivity contribution is 6.07. The maximum absolute atomic E-state index is 13.1. The summed E-state index contributed by atoms with van der Waals surface area (Å²) in [5, 5.41) is 16.9. The fourth-order valence-corrected chi connectivity index (χ4v) is 3.60. The van der Waals surface area contributed by atoms with Crippen LogP contribution in [0.5, 0.6) is 0 Å². The number of nitrogens with zero attached hydrogens (tertiary/aromatic N) is 1. The normalized spacial score (nSPS) is 15.1. The van der Waals surface area contributed by atoms with E-state index in [-0.39, 0.29) is 23.3 Å². The molecule has 2 N–H and O–H groups in total. The fraction of sp³-hybridized carbons (Fsp3) is 0.304. The summed E-state index contributed by atoms with van der Waals surface area (Å²) in [4.78, 5) is 36.5. The van der Waals surface area contributed by atoms with Crippen molar-refractivity contribution in [3.63, 3.8) is 0 Å². The Morgan fingerprint density at radius 3 is 2.30 bits per heavy atom. The van der Waals surface area contributed by atoms with Gasteiger partial charge in [-0.3, -0.25) is 19.7 Å². The van der Waals surface area contributed by atoms with Gasteiger partial charge in [-0.15, -0.1) is 0 Å². The molecule has 0 spiro atoms. The van der Waals surface area contributed by atoms with Crippen molar-refractivity contribution in [3.8, 4) is 0 Å². The van der Waals surface area contributed by atoms with E-state index in [2.05, 4.69) is 10.6 Å². The van der Waals surface area contributed by atoms with Crippen molar-refractivity contribution in [1.29, 1.82) is 0 Å². The number of carbonyl (C=O) groups excluding carboxylic acids is 2. The van der Waals surface area contributed by atoms with Crippen LogP contribution in [0, 0.1) is 10.1 Å². The summed E-state index contributed by atoms with van der Waals surface area (Å²) in [7, 11) is 0. The third-order valence-electron chi connectivity index (χ3n) is 5.31. The average molecular weight is 407 g/mol. The lowest BCUT2D eigenvalue weighted by Crippen LogP contribution is -2.41. The zero-order valence-electron chi connectivity index (χ0n) is 16.9. The minimum atomic E-state index is -0.485. The molecule has 0 unspecified atom stereocenters. The monoisotopic (exact) mass is 407 g/mol. The summed E-state index contributed by atoms with van der Waals surface area (Å²) < 4.78 is 0. The lowest BCUT2D eigenvalue weighted by molar-refractivity contribution is -0.384. The maximum atomic E-state index is 13.1. The highest BCUT2D eigenvalue weighted by atomic mass is 16.6. The molecule has 0 aliphatic heterocycles. The standard InChI is InChI=1S/C23H25N3O4/c1-16(18-11-8-14-20(15-18)26(29)30)21(23(28)24-19-12-6-3-7-13-19)25-22(27)17-9-4-2-5-10-17/h2,4-5,8-11,14-15,19H,3,6-7,12-13H2,1H3,(H,24,28)(H,25,27)/b21-16-. The molecular formula is C23H25N3O4. The van der Waals surface area contributed by atoms with Gasteiger partial charge in [-0.25, -0.2) is 0 Å². The van der Waals surface area contributed by atoms with Crippen molar-refractivity contribution in [2.75, 3.05) is 0 Å². The first-order chi connectivity index (χ1) is 14.5. The van der Waals surface area contributed by atoms with Gasteiger partial charge in [0.15, 0.2) is 0 Å². The van der Waals surface area contributed by atoms with Crippen LogP contribution >= 0.6 is 0 Å². The van der Waals surface area contributed by atoms with Crippen molar-refractivity contribution in [2.45, 2.75) is 45.1 Å². The minimum absolute atomic E-state index is 0.0628. The quantitative estimate of drug-likeness (QED) is 0.425. The van der Waals surface area contributed by atoms with Crippen LogP contribution in [0.25, 0.3) is 5.57 Å². The van der Waals surface area contributed by atoms with E-state index in [9.17, 15) is 19.7 Å². The molecule has 7 nitrogen and oxygen atoms in total. The Hall–Kier alpha value is -3.48. The van der Waals surface area contributed by atoms with Crippen LogP contribution in [0.2, 0.25) is 0 Å². The first kappa shape index (κ1) is 21.2. The number of allylic oxidation sites excluding steroid dienone is 1. The Bertz CT molecular complexity index is 963. The summed E-state index contributed by atoms with van der Waals surface area (Å²) in [5.41, 5.74) is 1.43. The SMILES string of the molecule is C/C(=C(/NC(=O)c1ccccc1)C(=O)NC1CCCCC1)c1cccc([N+](=O)[O-])c1. The number of rotatable bonds is 6. The maximum Gasteiger partial charge on any atom is 0.270 e. The van der Waals surface area contributed by atoms with Crippen LogP contribution in [0.4, 0.5) is 5.69 Å². The van der Waals surface area contributed by atoms with Gasteiger partial charge >= 0.3 is 0 Å². The lowest BCUT2D eigenvalue weighted by Gasteiger charge is -2.24. The third kappa shape index (κ3) is 5.31. The number of nitrogens with one attached hydrogen (secondary N) is 2. The van der Waals surface area contributed by atoms with Crippen molar-refractivity contribution >= 4 is 23.1 Å². The van der Waals surface area contributed by atoms with Crippen LogP contribution in [-0.2, 0) is 4.79 Å². The van der Waals surface area contributed by atoms with Gasteiger partial charge in [-0.2, -0.15) is 0 Å². The number of benzene rings is 2. The number of nitro benzene ring substituents is 1. The summed E-state index contributed by atoms with van der Waals surface area (Å²) in [6.07, 6.45) is 5.09. The van der Waals surface area contributed by atoms with Gasteiger partial charge in [0.1, 0.15) is 5.70 Å². The number of amides is 2. The second-order valence-electron chi connectivity index (χ2n) is 7.44. The van der Waals surface area contributed by atoms with Crippen LogP contribution in [0.15, 0.2) is 60.3 Å². The molecular weight excluding hydrogens is 382 g/mol. The molecule has 30 heavy (non-hydrogen) atoms. The number of non-ortho nitro benzene ring substituents is 1. The molecule has 1 aliphatic rings. The second-order valence-corrected chi connectivity index (χ2v) is 7.44. The van der Waals surface area contributed by atoms with Gasteiger partial charge in [-0.05, 0) is 43.0 Å². The molecule has 0 saturated heterocycles. The van der Waals surface area contributed by atoms with E-state index in [1.54, 1.807) is 49.4 Å². The van der Waals surface area contributed by atoms with Gasteiger partial charge in [0.05, 0.1) is 4.92 Å². The molecule has 0 aromatic heterocycles. The molecule has 2 aromatic carbocycles. The fourth-order valence-electron chi connectivity index (χ4n) is 3.60. The van der Waals surface area contributed by atoms with Gasteiger partial charge in [0, 0.05) is 23.7 Å². The summed E-state index contributed by atoms with van der Waals surface area (Å²) in [5.74, 6) is -0.788. The molecule has 0 radical (unpaired) electrons. The van der Waals surface area contributed by atoms with E-state index in [1.165, 1.54) is 12.1 Å². The van der Waals surface area contributed by atoms with Crippen LogP contribution in [-0.4, -0.2) is 22.8 Å². The predicted octanol–water partition coefficient (Wildman–Crippen LogP) is 4.20. The van der Waals surface area contributed by atoms with Crippen molar-refractivity contribution < 1.29 is 14.5 Å². The van der Waals surface area contributed by atoms with Gasteiger partial charge in [0.25, 0.3) is 17.5 Å². The Kier molecular flexibility index (Phi) is 6.95. The average Bonchev–Trinajstić information content (AvgIpc) is 2.78. The molecule has 1 aliphatic carbocycles. The number of nitro groups is 1. The molecule has 156 valence electrons. The second kappa shape index (κ2) is 9.82. The minimum Gasteiger partial charge on any atom is -0.348 e. The highest BCUT2D eigenvalue weighted by Gasteiger charge is 2.22. The van der Waals surface area contributed by atoms with Gasteiger partial charge in [0.2, 0.25) is 0 Å². The Morgan fingerprint density at radius 1 is 0.967 bits per heavy atom. The number of carbonyl (C=O) groups is 2. The van der Waals surface area contributed by atoms with E-state index < -0.39 is 10.8 Å². The Labute approximate surface area is 175 Å². The zero-order chi connectivity index (χ0) is 21.5.